The fraction of sp³-hybridized carbons (Fsp3) is 0.211. The predicted molar refractivity (Wildman–Crippen MR) is 98.4 cm³/mol. The van der Waals surface area contributed by atoms with Crippen molar-refractivity contribution in [3.63, 3.8) is 0 Å². The number of carbonyl (C=O) groups excluding carboxylic acids is 1. The first-order chi connectivity index (χ1) is 12.6. The van der Waals surface area contributed by atoms with E-state index in [0.717, 1.165) is 22.7 Å². The van der Waals surface area contributed by atoms with Crippen LogP contribution >= 0.6 is 11.8 Å². The molecule has 0 amide bonds. The van der Waals surface area contributed by atoms with E-state index in [-0.39, 0.29) is 5.76 Å². The van der Waals surface area contributed by atoms with Gasteiger partial charge in [-0.1, -0.05) is 11.8 Å². The Morgan fingerprint density at radius 2 is 1.88 bits per heavy atom. The monoisotopic (exact) mass is 370 g/mol. The first-order valence-corrected chi connectivity index (χ1v) is 8.87. The molecule has 0 aliphatic rings. The van der Waals surface area contributed by atoms with Gasteiger partial charge in [-0.2, -0.15) is 0 Å². The molecule has 0 bridgehead atoms. The second-order valence-corrected chi connectivity index (χ2v) is 6.39. The zero-order chi connectivity index (χ0) is 18.5. The number of hydrogen-bond acceptors (Lipinski definition) is 7. The van der Waals surface area contributed by atoms with E-state index < -0.39 is 5.97 Å². The maximum atomic E-state index is 11.4. The molecule has 0 fully saturated rings. The zero-order valence-electron chi connectivity index (χ0n) is 14.7. The molecule has 1 aromatic carbocycles. The van der Waals surface area contributed by atoms with E-state index in [1.54, 1.807) is 19.2 Å². The number of esters is 1. The van der Waals surface area contributed by atoms with Gasteiger partial charge in [-0.15, -0.1) is 0 Å². The SMILES string of the molecule is COC(=O)c1ccc(CSc2nc(C)cc(-c3ccc(OC)cc3)n2)o1. The molecule has 0 radical (unpaired) electrons. The van der Waals surface area contributed by atoms with Crippen molar-refractivity contribution in [1.82, 2.24) is 9.97 Å². The molecule has 0 aliphatic carbocycles. The molecule has 7 heteroatoms. The Balaban J connectivity index is 1.75. The molecule has 0 unspecified atom stereocenters. The first-order valence-electron chi connectivity index (χ1n) is 7.89. The van der Waals surface area contributed by atoms with Gasteiger partial charge in [0.1, 0.15) is 11.5 Å². The Bertz CT molecular complexity index is 906. The van der Waals surface area contributed by atoms with Crippen LogP contribution in [0.4, 0.5) is 0 Å². The number of aromatic nitrogens is 2. The quantitative estimate of drug-likeness (QED) is 0.367. The minimum Gasteiger partial charge on any atom is -0.497 e. The summed E-state index contributed by atoms with van der Waals surface area (Å²) >= 11 is 1.44. The number of hydrogen-bond donors (Lipinski definition) is 0. The third-order valence-electron chi connectivity index (χ3n) is 3.61. The zero-order valence-corrected chi connectivity index (χ0v) is 15.5. The van der Waals surface area contributed by atoms with Crippen molar-refractivity contribution in [3.8, 4) is 17.0 Å². The Hall–Kier alpha value is -2.80. The van der Waals surface area contributed by atoms with Crippen LogP contribution in [0.2, 0.25) is 0 Å². The highest BCUT2D eigenvalue weighted by Gasteiger charge is 2.12. The summed E-state index contributed by atoms with van der Waals surface area (Å²) in [7, 11) is 2.96. The van der Waals surface area contributed by atoms with Gasteiger partial charge >= 0.3 is 5.97 Å². The van der Waals surface area contributed by atoms with Crippen molar-refractivity contribution in [2.24, 2.45) is 0 Å². The van der Waals surface area contributed by atoms with Gasteiger partial charge in [0.15, 0.2) is 5.16 Å². The molecule has 2 heterocycles. The smallest absolute Gasteiger partial charge is 0.373 e. The number of aryl methyl sites for hydroxylation is 1. The number of ether oxygens (including phenoxy) is 2. The number of furan rings is 1. The third-order valence-corrected chi connectivity index (χ3v) is 4.48. The average molecular weight is 370 g/mol. The summed E-state index contributed by atoms with van der Waals surface area (Å²) in [5, 5.41) is 0.645. The molecule has 6 nitrogen and oxygen atoms in total. The Morgan fingerprint density at radius 3 is 2.58 bits per heavy atom. The van der Waals surface area contributed by atoms with E-state index in [1.807, 2.05) is 37.3 Å². The third kappa shape index (κ3) is 4.23. The lowest BCUT2D eigenvalue weighted by Gasteiger charge is -2.06. The van der Waals surface area contributed by atoms with Crippen LogP contribution in [0.5, 0.6) is 5.75 Å². The van der Waals surface area contributed by atoms with Crippen LogP contribution < -0.4 is 4.74 Å². The summed E-state index contributed by atoms with van der Waals surface area (Å²) in [4.78, 5) is 20.5. The highest BCUT2D eigenvalue weighted by atomic mass is 32.2. The second kappa shape index (κ2) is 8.05. The minimum absolute atomic E-state index is 0.187. The van der Waals surface area contributed by atoms with Gasteiger partial charge in [0.05, 0.1) is 25.7 Å². The van der Waals surface area contributed by atoms with Crippen molar-refractivity contribution in [1.29, 1.82) is 0 Å². The number of carbonyl (C=O) groups is 1. The predicted octanol–water partition coefficient (Wildman–Crippen LogP) is 4.13. The molecule has 0 saturated carbocycles. The summed E-state index contributed by atoms with van der Waals surface area (Å²) in [6, 6.07) is 13.0. The summed E-state index contributed by atoms with van der Waals surface area (Å²) < 4.78 is 15.3. The maximum absolute atomic E-state index is 11.4. The molecule has 3 rings (SSSR count). The summed E-state index contributed by atoms with van der Waals surface area (Å²) in [5.41, 5.74) is 2.71. The van der Waals surface area contributed by atoms with Crippen LogP contribution in [-0.4, -0.2) is 30.2 Å². The maximum Gasteiger partial charge on any atom is 0.373 e. The van der Waals surface area contributed by atoms with Crippen LogP contribution in [0.3, 0.4) is 0 Å². The molecule has 0 spiro atoms. The Morgan fingerprint density at radius 1 is 1.12 bits per heavy atom. The number of nitrogens with zero attached hydrogens (tertiary/aromatic N) is 2. The van der Waals surface area contributed by atoms with E-state index >= 15 is 0 Å². The highest BCUT2D eigenvalue weighted by molar-refractivity contribution is 7.98. The second-order valence-electron chi connectivity index (χ2n) is 5.45. The van der Waals surface area contributed by atoms with E-state index in [1.165, 1.54) is 18.9 Å². The van der Waals surface area contributed by atoms with Gasteiger partial charge in [-0.25, -0.2) is 14.8 Å². The van der Waals surface area contributed by atoms with E-state index in [2.05, 4.69) is 14.7 Å². The van der Waals surface area contributed by atoms with Crippen LogP contribution in [0.15, 0.2) is 52.0 Å². The average Bonchev–Trinajstić information content (AvgIpc) is 3.14. The normalized spacial score (nSPS) is 10.6. The Labute approximate surface area is 155 Å². The molecule has 0 aliphatic heterocycles. The Kier molecular flexibility index (Phi) is 5.58. The molecular weight excluding hydrogens is 352 g/mol. The molecule has 0 N–H and O–H groups in total. The van der Waals surface area contributed by atoms with Crippen LogP contribution in [-0.2, 0) is 10.5 Å². The fourth-order valence-corrected chi connectivity index (χ4v) is 3.11. The fourth-order valence-electron chi connectivity index (χ4n) is 2.32. The minimum atomic E-state index is -0.491. The number of methoxy groups -OCH3 is 2. The lowest BCUT2D eigenvalue weighted by atomic mass is 10.1. The topological polar surface area (TPSA) is 74.5 Å². The highest BCUT2D eigenvalue weighted by Crippen LogP contribution is 2.26. The largest absolute Gasteiger partial charge is 0.497 e. The molecule has 0 atom stereocenters. The molecule has 0 saturated heterocycles. The molecule has 134 valence electrons. The van der Waals surface area contributed by atoms with Gasteiger partial charge < -0.3 is 13.9 Å². The molecule has 3 aromatic rings. The van der Waals surface area contributed by atoms with Crippen molar-refractivity contribution in [3.05, 3.63) is 59.7 Å². The number of rotatable bonds is 6. The van der Waals surface area contributed by atoms with Gasteiger partial charge in [0.25, 0.3) is 0 Å². The molecule has 2 aromatic heterocycles. The van der Waals surface area contributed by atoms with E-state index in [9.17, 15) is 4.79 Å². The number of thioether (sulfide) groups is 1. The van der Waals surface area contributed by atoms with Crippen molar-refractivity contribution in [2.45, 2.75) is 17.8 Å². The number of benzene rings is 1. The van der Waals surface area contributed by atoms with Gasteiger partial charge in [0.2, 0.25) is 5.76 Å². The lowest BCUT2D eigenvalue weighted by molar-refractivity contribution is 0.0563. The van der Waals surface area contributed by atoms with Gasteiger partial charge in [-0.3, -0.25) is 0 Å². The summed E-state index contributed by atoms with van der Waals surface area (Å²) in [6.45, 7) is 1.93. The van der Waals surface area contributed by atoms with Crippen molar-refractivity contribution < 1.29 is 18.7 Å². The van der Waals surface area contributed by atoms with E-state index in [0.29, 0.717) is 16.7 Å². The standard InChI is InChI=1S/C19H18N2O4S/c1-12-10-16(13-4-6-14(23-2)7-5-13)21-19(20-12)26-11-15-8-9-17(25-15)18(22)24-3/h4-10H,11H2,1-3H3. The van der Waals surface area contributed by atoms with Crippen molar-refractivity contribution in [2.75, 3.05) is 14.2 Å². The lowest BCUT2D eigenvalue weighted by Crippen LogP contribution is -1.98. The van der Waals surface area contributed by atoms with Gasteiger partial charge in [-0.05, 0) is 49.4 Å². The van der Waals surface area contributed by atoms with Crippen LogP contribution in [0.25, 0.3) is 11.3 Å². The first kappa shape index (κ1) is 18.0. The molecule has 26 heavy (non-hydrogen) atoms. The van der Waals surface area contributed by atoms with Crippen LogP contribution in [0.1, 0.15) is 22.0 Å². The van der Waals surface area contributed by atoms with E-state index in [4.69, 9.17) is 9.15 Å². The summed E-state index contributed by atoms with van der Waals surface area (Å²) in [6.07, 6.45) is 0. The van der Waals surface area contributed by atoms with Gasteiger partial charge in [0, 0.05) is 11.3 Å². The van der Waals surface area contributed by atoms with Crippen LogP contribution in [0, 0.1) is 6.92 Å². The van der Waals surface area contributed by atoms with Crippen molar-refractivity contribution >= 4 is 17.7 Å². The summed E-state index contributed by atoms with van der Waals surface area (Å²) in [5.74, 6) is 1.67. The molecular formula is C19H18N2O4S.